The molecule has 0 aliphatic carbocycles. The summed E-state index contributed by atoms with van der Waals surface area (Å²) in [7, 11) is 1.51. The quantitative estimate of drug-likeness (QED) is 0.728. The molecule has 0 aromatic carbocycles. The van der Waals surface area contributed by atoms with Crippen molar-refractivity contribution in [1.29, 1.82) is 0 Å². The van der Waals surface area contributed by atoms with Gasteiger partial charge in [0.1, 0.15) is 11.0 Å². The fourth-order valence-corrected chi connectivity index (χ4v) is 2.63. The van der Waals surface area contributed by atoms with E-state index < -0.39 is 28.4 Å². The van der Waals surface area contributed by atoms with E-state index in [0.717, 1.165) is 11.3 Å². The summed E-state index contributed by atoms with van der Waals surface area (Å²) in [6.07, 6.45) is 1.47. The number of nitrogens with zero attached hydrogens (tertiary/aromatic N) is 2. The Hall–Kier alpha value is -2.94. The number of fused-ring (bicyclic) bond motifs is 1. The molecular weight excluding hydrogens is 322 g/mol. The molecule has 0 saturated carbocycles. The van der Waals surface area contributed by atoms with Crippen LogP contribution in [0.2, 0.25) is 0 Å². The van der Waals surface area contributed by atoms with Gasteiger partial charge in [-0.2, -0.15) is 0 Å². The second kappa shape index (κ2) is 5.36. The van der Waals surface area contributed by atoms with Gasteiger partial charge in [-0.25, -0.2) is 9.78 Å². The predicted molar refractivity (Wildman–Crippen MR) is 84.2 cm³/mol. The Labute approximate surface area is 132 Å². The first-order chi connectivity index (χ1) is 10.9. The van der Waals surface area contributed by atoms with E-state index in [0.29, 0.717) is 5.69 Å². The molecule has 3 aromatic heterocycles. The van der Waals surface area contributed by atoms with E-state index in [-0.39, 0.29) is 16.1 Å². The second-order valence-corrected chi connectivity index (χ2v) is 5.69. The van der Waals surface area contributed by atoms with Gasteiger partial charge < -0.3 is 14.1 Å². The molecule has 118 valence electrons. The van der Waals surface area contributed by atoms with Gasteiger partial charge in [0.25, 0.3) is 11.5 Å². The van der Waals surface area contributed by atoms with Gasteiger partial charge in [-0.1, -0.05) is 0 Å². The van der Waals surface area contributed by atoms with Gasteiger partial charge in [0.2, 0.25) is 0 Å². The van der Waals surface area contributed by atoms with Crippen molar-refractivity contribution in [2.24, 2.45) is 7.05 Å². The van der Waals surface area contributed by atoms with Gasteiger partial charge in [0.15, 0.2) is 16.4 Å². The molecule has 23 heavy (non-hydrogen) atoms. The van der Waals surface area contributed by atoms with Crippen LogP contribution in [0.3, 0.4) is 0 Å². The summed E-state index contributed by atoms with van der Waals surface area (Å²) in [5, 5.41) is 14.3. The van der Waals surface area contributed by atoms with Gasteiger partial charge in [0, 0.05) is 30.4 Å². The van der Waals surface area contributed by atoms with Crippen LogP contribution in [0.15, 0.2) is 31.6 Å². The van der Waals surface area contributed by atoms with E-state index in [1.54, 1.807) is 12.3 Å². The molecular formula is C14H11N3O5S. The van der Waals surface area contributed by atoms with Crippen LogP contribution in [0.4, 0.5) is 5.13 Å². The minimum Gasteiger partial charge on any atom is -0.506 e. The maximum Gasteiger partial charge on any atom is 0.353 e. The summed E-state index contributed by atoms with van der Waals surface area (Å²) >= 11 is 1.15. The summed E-state index contributed by atoms with van der Waals surface area (Å²) in [4.78, 5) is 40.3. The lowest BCUT2D eigenvalue weighted by Crippen LogP contribution is -2.24. The monoisotopic (exact) mass is 333 g/mol. The molecule has 1 amide bonds. The van der Waals surface area contributed by atoms with Gasteiger partial charge in [-0.15, -0.1) is 11.3 Å². The lowest BCUT2D eigenvalue weighted by Gasteiger charge is -2.08. The van der Waals surface area contributed by atoms with Crippen LogP contribution in [-0.4, -0.2) is 20.6 Å². The molecule has 0 spiro atoms. The minimum absolute atomic E-state index is 0.0705. The number of amides is 1. The SMILES string of the molecule is Cc1cc2oc(=O)c(C(=O)Nc3nccs3)c(O)c2c(=O)n1C. The van der Waals surface area contributed by atoms with E-state index >= 15 is 0 Å². The number of hydrogen-bond acceptors (Lipinski definition) is 7. The first-order valence-corrected chi connectivity index (χ1v) is 7.35. The van der Waals surface area contributed by atoms with Crippen molar-refractivity contribution in [1.82, 2.24) is 9.55 Å². The number of pyridine rings is 1. The normalized spacial score (nSPS) is 10.9. The topological polar surface area (TPSA) is 114 Å². The average Bonchev–Trinajstić information content (AvgIpc) is 2.97. The van der Waals surface area contributed by atoms with E-state index in [1.807, 2.05) is 0 Å². The number of anilines is 1. The fraction of sp³-hybridized carbons (Fsp3) is 0.143. The van der Waals surface area contributed by atoms with Crippen molar-refractivity contribution < 1.29 is 14.3 Å². The van der Waals surface area contributed by atoms with Gasteiger partial charge in [0.05, 0.1) is 0 Å². The maximum absolute atomic E-state index is 12.3. The highest BCUT2D eigenvalue weighted by Crippen LogP contribution is 2.24. The molecule has 3 heterocycles. The first-order valence-electron chi connectivity index (χ1n) is 6.47. The molecule has 8 nitrogen and oxygen atoms in total. The smallest absolute Gasteiger partial charge is 0.353 e. The van der Waals surface area contributed by atoms with Gasteiger partial charge in [-0.05, 0) is 6.92 Å². The number of carbonyl (C=O) groups is 1. The Balaban J connectivity index is 2.24. The van der Waals surface area contributed by atoms with Crippen LogP contribution >= 0.6 is 11.3 Å². The highest BCUT2D eigenvalue weighted by atomic mass is 32.1. The van der Waals surface area contributed by atoms with Crippen LogP contribution in [0.25, 0.3) is 11.0 Å². The molecule has 0 bridgehead atoms. The first kappa shape index (κ1) is 15.0. The van der Waals surface area contributed by atoms with E-state index in [1.165, 1.54) is 23.9 Å². The minimum atomic E-state index is -1.03. The van der Waals surface area contributed by atoms with Crippen molar-refractivity contribution in [3.8, 4) is 5.75 Å². The lowest BCUT2D eigenvalue weighted by molar-refractivity contribution is 0.102. The summed E-state index contributed by atoms with van der Waals surface area (Å²) in [6.45, 7) is 1.65. The zero-order chi connectivity index (χ0) is 16.7. The van der Waals surface area contributed by atoms with Crippen molar-refractivity contribution in [2.75, 3.05) is 5.32 Å². The van der Waals surface area contributed by atoms with Crippen LogP contribution in [0.1, 0.15) is 16.1 Å². The number of aromatic hydroxyl groups is 1. The standard InChI is InChI=1S/C14H11N3O5S/c1-6-5-7-8(12(20)17(6)2)10(18)9(13(21)22-7)11(19)16-14-15-3-4-23-14/h3-5,18H,1-2H3,(H,15,16,19). The number of aromatic nitrogens is 2. The molecule has 0 unspecified atom stereocenters. The number of hydrogen-bond donors (Lipinski definition) is 2. The molecule has 0 fully saturated rings. The highest BCUT2D eigenvalue weighted by Gasteiger charge is 2.24. The average molecular weight is 333 g/mol. The number of aryl methyl sites for hydroxylation is 1. The molecule has 0 aliphatic rings. The van der Waals surface area contributed by atoms with E-state index in [9.17, 15) is 19.5 Å². The van der Waals surface area contributed by atoms with Crippen molar-refractivity contribution in [2.45, 2.75) is 6.92 Å². The van der Waals surface area contributed by atoms with E-state index in [2.05, 4.69) is 10.3 Å². The van der Waals surface area contributed by atoms with E-state index in [4.69, 9.17) is 4.42 Å². The van der Waals surface area contributed by atoms with Gasteiger partial charge in [-0.3, -0.25) is 14.9 Å². The fourth-order valence-electron chi connectivity index (χ4n) is 2.11. The molecule has 0 atom stereocenters. The Kier molecular flexibility index (Phi) is 3.49. The zero-order valence-corrected chi connectivity index (χ0v) is 12.9. The van der Waals surface area contributed by atoms with Crippen molar-refractivity contribution >= 4 is 33.3 Å². The molecule has 0 aliphatic heterocycles. The molecule has 3 rings (SSSR count). The molecule has 0 saturated heterocycles. The third-order valence-corrected chi connectivity index (χ3v) is 4.08. The maximum atomic E-state index is 12.3. The largest absolute Gasteiger partial charge is 0.506 e. The van der Waals surface area contributed by atoms with Crippen molar-refractivity contribution in [3.05, 3.63) is 49.7 Å². The summed E-state index contributed by atoms with van der Waals surface area (Å²) in [5.74, 6) is -1.60. The lowest BCUT2D eigenvalue weighted by atomic mass is 10.1. The van der Waals surface area contributed by atoms with Crippen molar-refractivity contribution in [3.63, 3.8) is 0 Å². The van der Waals surface area contributed by atoms with Gasteiger partial charge >= 0.3 is 5.63 Å². The van der Waals surface area contributed by atoms with Crippen LogP contribution in [0.5, 0.6) is 5.75 Å². The predicted octanol–water partition coefficient (Wildman–Crippen LogP) is 1.21. The third kappa shape index (κ3) is 2.40. The number of rotatable bonds is 2. The number of nitrogens with one attached hydrogen (secondary N) is 1. The molecule has 3 aromatic rings. The van der Waals surface area contributed by atoms with Crippen LogP contribution < -0.4 is 16.5 Å². The zero-order valence-electron chi connectivity index (χ0n) is 12.1. The Morgan fingerprint density at radius 1 is 1.43 bits per heavy atom. The molecule has 9 heteroatoms. The Morgan fingerprint density at radius 2 is 2.17 bits per heavy atom. The Morgan fingerprint density at radius 3 is 2.83 bits per heavy atom. The Bertz CT molecular complexity index is 1030. The summed E-state index contributed by atoms with van der Waals surface area (Å²) < 4.78 is 6.31. The highest BCUT2D eigenvalue weighted by molar-refractivity contribution is 7.13. The summed E-state index contributed by atoms with van der Waals surface area (Å²) in [5.41, 5.74) is -1.75. The summed E-state index contributed by atoms with van der Waals surface area (Å²) in [6, 6.07) is 1.44. The second-order valence-electron chi connectivity index (χ2n) is 4.79. The van der Waals surface area contributed by atoms with Crippen LogP contribution in [-0.2, 0) is 7.05 Å². The third-order valence-electron chi connectivity index (χ3n) is 3.39. The number of thiazole rings is 1. The van der Waals surface area contributed by atoms with Crippen LogP contribution in [0, 0.1) is 6.92 Å². The molecule has 2 N–H and O–H groups in total. The number of carbonyl (C=O) groups excluding carboxylic acids is 1. The molecule has 0 radical (unpaired) electrons.